The quantitative estimate of drug-likeness (QED) is 0.661. The van der Waals surface area contributed by atoms with Crippen LogP contribution in [0.3, 0.4) is 0 Å². The van der Waals surface area contributed by atoms with Gasteiger partial charge in [-0.3, -0.25) is 0 Å². The number of benzene rings is 1. The van der Waals surface area contributed by atoms with E-state index in [0.29, 0.717) is 11.5 Å². The second-order valence-corrected chi connectivity index (χ2v) is 2.49. The lowest BCUT2D eigenvalue weighted by Crippen LogP contribution is -1.87. The molecule has 0 fully saturated rings. The lowest BCUT2D eigenvalue weighted by atomic mass is 10.3. The summed E-state index contributed by atoms with van der Waals surface area (Å²) >= 11 is 0. The van der Waals surface area contributed by atoms with Gasteiger partial charge in [0.15, 0.2) is 0 Å². The number of hydrogen-bond donors (Lipinski definition) is 2. The first kappa shape index (κ1) is 8.46. The van der Waals surface area contributed by atoms with E-state index in [2.05, 4.69) is 6.58 Å². The van der Waals surface area contributed by atoms with Gasteiger partial charge in [0.25, 0.3) is 0 Å². The van der Waals surface area contributed by atoms with Crippen molar-refractivity contribution in [3.63, 3.8) is 0 Å². The van der Waals surface area contributed by atoms with Gasteiger partial charge in [0.05, 0.1) is 5.76 Å². The van der Waals surface area contributed by atoms with Gasteiger partial charge in [0, 0.05) is 18.2 Å². The summed E-state index contributed by atoms with van der Waals surface area (Å²) in [7, 11) is 0. The molecule has 0 bridgehead atoms. The summed E-state index contributed by atoms with van der Waals surface area (Å²) in [6.07, 6.45) is 0. The Bertz CT molecular complexity index is 284. The molecule has 2 N–H and O–H groups in total. The SMILES string of the molecule is C=C(C)Oc1cc(O)cc(O)c1. The van der Waals surface area contributed by atoms with Gasteiger partial charge in [-0.1, -0.05) is 6.58 Å². The van der Waals surface area contributed by atoms with Crippen LogP contribution in [0.25, 0.3) is 0 Å². The van der Waals surface area contributed by atoms with Crippen LogP contribution in [-0.4, -0.2) is 10.2 Å². The van der Waals surface area contributed by atoms with Gasteiger partial charge in [-0.05, 0) is 6.92 Å². The first-order chi connectivity index (χ1) is 5.58. The third-order valence-electron chi connectivity index (χ3n) is 1.17. The molecule has 0 spiro atoms. The van der Waals surface area contributed by atoms with Crippen LogP contribution in [-0.2, 0) is 0 Å². The van der Waals surface area contributed by atoms with Crippen molar-refractivity contribution in [2.24, 2.45) is 0 Å². The Morgan fingerprint density at radius 2 is 1.75 bits per heavy atom. The van der Waals surface area contributed by atoms with Crippen molar-refractivity contribution >= 4 is 0 Å². The van der Waals surface area contributed by atoms with Crippen molar-refractivity contribution in [1.82, 2.24) is 0 Å². The van der Waals surface area contributed by atoms with Crippen LogP contribution in [0.5, 0.6) is 17.2 Å². The lowest BCUT2D eigenvalue weighted by Gasteiger charge is -2.04. The average molecular weight is 166 g/mol. The van der Waals surface area contributed by atoms with E-state index in [1.807, 2.05) is 0 Å². The maximum atomic E-state index is 9.04. The van der Waals surface area contributed by atoms with Crippen molar-refractivity contribution in [3.05, 3.63) is 30.5 Å². The molecule has 64 valence electrons. The molecule has 0 saturated carbocycles. The Morgan fingerprint density at radius 3 is 2.17 bits per heavy atom. The maximum absolute atomic E-state index is 9.04. The zero-order valence-electron chi connectivity index (χ0n) is 6.74. The molecule has 3 heteroatoms. The molecule has 0 heterocycles. The number of allylic oxidation sites excluding steroid dienone is 1. The Hall–Kier alpha value is -1.64. The van der Waals surface area contributed by atoms with E-state index < -0.39 is 0 Å². The summed E-state index contributed by atoms with van der Waals surface area (Å²) in [5, 5.41) is 18.1. The number of phenolic OH excluding ortho intramolecular Hbond substituents is 2. The van der Waals surface area contributed by atoms with Crippen LogP contribution in [0.2, 0.25) is 0 Å². The molecule has 0 saturated heterocycles. The van der Waals surface area contributed by atoms with Crippen LogP contribution in [0, 0.1) is 0 Å². The van der Waals surface area contributed by atoms with Crippen molar-refractivity contribution < 1.29 is 14.9 Å². The third kappa shape index (κ3) is 2.20. The highest BCUT2D eigenvalue weighted by molar-refractivity contribution is 5.40. The monoisotopic (exact) mass is 166 g/mol. The van der Waals surface area contributed by atoms with Gasteiger partial charge in [-0.2, -0.15) is 0 Å². The summed E-state index contributed by atoms with van der Waals surface area (Å²) in [6.45, 7) is 5.21. The normalized spacial score (nSPS) is 9.42. The lowest BCUT2D eigenvalue weighted by molar-refractivity contribution is 0.409. The maximum Gasteiger partial charge on any atom is 0.134 e. The Labute approximate surface area is 70.5 Å². The fourth-order valence-corrected chi connectivity index (χ4v) is 0.828. The molecule has 0 aliphatic carbocycles. The highest BCUT2D eigenvalue weighted by atomic mass is 16.5. The third-order valence-corrected chi connectivity index (χ3v) is 1.17. The molecular weight excluding hydrogens is 156 g/mol. The first-order valence-electron chi connectivity index (χ1n) is 3.44. The molecule has 0 atom stereocenters. The van der Waals surface area contributed by atoms with Crippen molar-refractivity contribution in [3.8, 4) is 17.2 Å². The van der Waals surface area contributed by atoms with E-state index in [9.17, 15) is 0 Å². The van der Waals surface area contributed by atoms with Crippen LogP contribution in [0.15, 0.2) is 30.5 Å². The van der Waals surface area contributed by atoms with Crippen molar-refractivity contribution in [2.45, 2.75) is 6.92 Å². The Morgan fingerprint density at radius 1 is 1.25 bits per heavy atom. The zero-order chi connectivity index (χ0) is 9.14. The Kier molecular flexibility index (Phi) is 2.24. The predicted molar refractivity (Wildman–Crippen MR) is 45.2 cm³/mol. The van der Waals surface area contributed by atoms with Crippen LogP contribution >= 0.6 is 0 Å². The summed E-state index contributed by atoms with van der Waals surface area (Å²) in [5.74, 6) is 0.803. The topological polar surface area (TPSA) is 49.7 Å². The van der Waals surface area contributed by atoms with Crippen LogP contribution < -0.4 is 4.74 Å². The fourth-order valence-electron chi connectivity index (χ4n) is 0.828. The van der Waals surface area contributed by atoms with Gasteiger partial charge >= 0.3 is 0 Å². The van der Waals surface area contributed by atoms with Crippen LogP contribution in [0.1, 0.15) is 6.92 Å². The van der Waals surface area contributed by atoms with Gasteiger partial charge in [-0.25, -0.2) is 0 Å². The average Bonchev–Trinajstić information content (AvgIpc) is 1.81. The summed E-state index contributed by atoms with van der Waals surface area (Å²) in [4.78, 5) is 0. The molecule has 0 aliphatic rings. The number of rotatable bonds is 2. The van der Waals surface area contributed by atoms with E-state index in [0.717, 1.165) is 0 Å². The second kappa shape index (κ2) is 3.17. The van der Waals surface area contributed by atoms with Gasteiger partial charge in [0.2, 0.25) is 0 Å². The van der Waals surface area contributed by atoms with E-state index in [1.54, 1.807) is 6.92 Å². The molecule has 0 aromatic heterocycles. The summed E-state index contributed by atoms with van der Waals surface area (Å²) in [5.41, 5.74) is 0. The minimum atomic E-state index is -0.0359. The van der Waals surface area contributed by atoms with Gasteiger partial charge < -0.3 is 14.9 Å². The largest absolute Gasteiger partial charge is 0.508 e. The standard InChI is InChI=1S/C9H10O3/c1-6(2)12-9-4-7(10)3-8(11)5-9/h3-5,10-11H,1H2,2H3. The van der Waals surface area contributed by atoms with E-state index in [-0.39, 0.29) is 11.5 Å². The number of phenols is 2. The van der Waals surface area contributed by atoms with Gasteiger partial charge in [-0.15, -0.1) is 0 Å². The fraction of sp³-hybridized carbons (Fsp3) is 0.111. The van der Waals surface area contributed by atoms with Gasteiger partial charge in [0.1, 0.15) is 17.2 Å². The molecule has 1 aromatic rings. The molecule has 0 unspecified atom stereocenters. The van der Waals surface area contributed by atoms with E-state index >= 15 is 0 Å². The Balaban J connectivity index is 2.93. The first-order valence-corrected chi connectivity index (χ1v) is 3.44. The van der Waals surface area contributed by atoms with Crippen LogP contribution in [0.4, 0.5) is 0 Å². The zero-order valence-corrected chi connectivity index (χ0v) is 6.74. The number of hydrogen-bond acceptors (Lipinski definition) is 3. The smallest absolute Gasteiger partial charge is 0.134 e. The molecule has 0 radical (unpaired) electrons. The number of ether oxygens (including phenoxy) is 1. The molecular formula is C9H10O3. The molecule has 12 heavy (non-hydrogen) atoms. The minimum Gasteiger partial charge on any atom is -0.508 e. The molecule has 1 rings (SSSR count). The summed E-state index contributed by atoms with van der Waals surface area (Å²) in [6, 6.07) is 4.02. The number of aromatic hydroxyl groups is 2. The minimum absolute atomic E-state index is 0.0359. The van der Waals surface area contributed by atoms with E-state index in [4.69, 9.17) is 14.9 Å². The van der Waals surface area contributed by atoms with Crippen molar-refractivity contribution in [1.29, 1.82) is 0 Å². The van der Waals surface area contributed by atoms with E-state index in [1.165, 1.54) is 18.2 Å². The molecule has 3 nitrogen and oxygen atoms in total. The highest BCUT2D eigenvalue weighted by Gasteiger charge is 1.99. The van der Waals surface area contributed by atoms with Crippen molar-refractivity contribution in [2.75, 3.05) is 0 Å². The summed E-state index contributed by atoms with van der Waals surface area (Å²) < 4.78 is 5.06. The predicted octanol–water partition coefficient (Wildman–Crippen LogP) is 2.01. The highest BCUT2D eigenvalue weighted by Crippen LogP contribution is 2.26. The molecule has 0 amide bonds. The molecule has 0 aliphatic heterocycles. The second-order valence-electron chi connectivity index (χ2n) is 2.49. The molecule has 1 aromatic carbocycles.